The van der Waals surface area contributed by atoms with Crippen LogP contribution in [0.2, 0.25) is 0 Å². The summed E-state index contributed by atoms with van der Waals surface area (Å²) >= 11 is 5.32. The smallest absolute Gasteiger partial charge is 0.257 e. The van der Waals surface area contributed by atoms with Crippen molar-refractivity contribution < 1.29 is 14.3 Å². The number of nitrogens with zero attached hydrogens (tertiary/aromatic N) is 2. The van der Waals surface area contributed by atoms with Gasteiger partial charge in [-0.3, -0.25) is 14.9 Å². The van der Waals surface area contributed by atoms with Crippen LogP contribution in [0, 0.1) is 5.92 Å². The number of nitrogens with one attached hydrogen (secondary N) is 2. The number of carbonyl (C=O) groups excluding carboxylic acids is 2. The van der Waals surface area contributed by atoms with E-state index in [1.54, 1.807) is 36.4 Å². The molecule has 0 spiro atoms. The third-order valence-corrected chi connectivity index (χ3v) is 5.65. The molecule has 0 radical (unpaired) electrons. The highest BCUT2D eigenvalue weighted by molar-refractivity contribution is 7.80. The summed E-state index contributed by atoms with van der Waals surface area (Å²) in [4.78, 5) is 29.5. The Hall–Kier alpha value is -2.97. The van der Waals surface area contributed by atoms with Gasteiger partial charge in [-0.05, 0) is 68.0 Å². The molecule has 7 nitrogen and oxygen atoms in total. The Labute approximate surface area is 201 Å². The minimum Gasteiger partial charge on any atom is -0.494 e. The number of hydrogen-bond acceptors (Lipinski definition) is 5. The van der Waals surface area contributed by atoms with E-state index in [0.717, 1.165) is 19.5 Å². The van der Waals surface area contributed by atoms with Crippen molar-refractivity contribution in [3.05, 3.63) is 59.7 Å². The Kier molecular flexibility index (Phi) is 8.79. The first kappa shape index (κ1) is 24.7. The Morgan fingerprint density at radius 2 is 1.73 bits per heavy atom. The molecule has 0 bridgehead atoms. The SMILES string of the molecule is CC(C)CCOc1cccc(C(=O)NC(=S)Nc2cccc(C(=O)N3CCN(C)CC3)c2)c1. The van der Waals surface area contributed by atoms with Crippen molar-refractivity contribution in [3.8, 4) is 5.75 Å². The van der Waals surface area contributed by atoms with Gasteiger partial charge in [0, 0.05) is 43.0 Å². The zero-order chi connectivity index (χ0) is 23.8. The Balaban J connectivity index is 1.56. The lowest BCUT2D eigenvalue weighted by atomic mass is 10.1. The Bertz CT molecular complexity index is 987. The van der Waals surface area contributed by atoms with Crippen molar-refractivity contribution in [2.45, 2.75) is 20.3 Å². The van der Waals surface area contributed by atoms with Gasteiger partial charge < -0.3 is 19.9 Å². The average Bonchev–Trinajstić information content (AvgIpc) is 2.79. The number of carbonyl (C=O) groups is 2. The van der Waals surface area contributed by atoms with Crippen LogP contribution in [0.1, 0.15) is 41.0 Å². The molecule has 1 aliphatic rings. The second kappa shape index (κ2) is 11.8. The van der Waals surface area contributed by atoms with Crippen molar-refractivity contribution in [1.82, 2.24) is 15.1 Å². The van der Waals surface area contributed by atoms with E-state index in [0.29, 0.717) is 48.2 Å². The third-order valence-electron chi connectivity index (χ3n) is 5.45. The maximum atomic E-state index is 12.8. The van der Waals surface area contributed by atoms with E-state index in [1.165, 1.54) is 0 Å². The first-order valence-electron chi connectivity index (χ1n) is 11.2. The van der Waals surface area contributed by atoms with Crippen LogP contribution in [0.25, 0.3) is 0 Å². The van der Waals surface area contributed by atoms with E-state index in [1.807, 2.05) is 17.0 Å². The van der Waals surface area contributed by atoms with Gasteiger partial charge in [-0.15, -0.1) is 0 Å². The maximum absolute atomic E-state index is 12.8. The second-order valence-corrected chi connectivity index (χ2v) is 9.05. The molecule has 8 heteroatoms. The van der Waals surface area contributed by atoms with Crippen LogP contribution in [0.4, 0.5) is 5.69 Å². The van der Waals surface area contributed by atoms with Crippen molar-refractivity contribution >= 4 is 34.8 Å². The largest absolute Gasteiger partial charge is 0.494 e. The van der Waals surface area contributed by atoms with Crippen LogP contribution in [-0.4, -0.2) is 66.6 Å². The first-order valence-corrected chi connectivity index (χ1v) is 11.7. The molecular weight excluding hydrogens is 436 g/mol. The number of hydrogen-bond donors (Lipinski definition) is 2. The van der Waals surface area contributed by atoms with Gasteiger partial charge >= 0.3 is 0 Å². The fourth-order valence-corrected chi connectivity index (χ4v) is 3.61. The molecule has 2 aromatic rings. The summed E-state index contributed by atoms with van der Waals surface area (Å²) in [6.45, 7) is 8.03. The number of thiocarbonyl (C=S) groups is 1. The lowest BCUT2D eigenvalue weighted by Crippen LogP contribution is -2.47. The zero-order valence-electron chi connectivity index (χ0n) is 19.5. The highest BCUT2D eigenvalue weighted by atomic mass is 32.1. The molecule has 0 aromatic heterocycles. The molecule has 0 aliphatic carbocycles. The summed E-state index contributed by atoms with van der Waals surface area (Å²) < 4.78 is 5.73. The number of amides is 2. The van der Waals surface area contributed by atoms with Gasteiger partial charge in [-0.1, -0.05) is 26.0 Å². The number of piperazine rings is 1. The Morgan fingerprint density at radius 3 is 2.45 bits per heavy atom. The summed E-state index contributed by atoms with van der Waals surface area (Å²) in [6.07, 6.45) is 0.945. The topological polar surface area (TPSA) is 73.9 Å². The molecule has 2 aromatic carbocycles. The predicted molar refractivity (Wildman–Crippen MR) is 135 cm³/mol. The van der Waals surface area contributed by atoms with Gasteiger partial charge in [-0.2, -0.15) is 0 Å². The van der Waals surface area contributed by atoms with Gasteiger partial charge in [0.15, 0.2) is 5.11 Å². The normalized spacial score (nSPS) is 14.1. The average molecular weight is 469 g/mol. The van der Waals surface area contributed by atoms with E-state index in [2.05, 4.69) is 36.4 Å². The quantitative estimate of drug-likeness (QED) is 0.605. The Morgan fingerprint density at radius 1 is 1.03 bits per heavy atom. The molecule has 2 N–H and O–H groups in total. The van der Waals surface area contributed by atoms with Crippen LogP contribution >= 0.6 is 12.2 Å². The standard InChI is InChI=1S/C25H32N4O3S/c1-18(2)10-15-32-22-9-5-6-19(17-22)23(30)27-25(33)26-21-8-4-7-20(16-21)24(31)29-13-11-28(3)12-14-29/h4-9,16-18H,10-15H2,1-3H3,(H2,26,27,30,33). The maximum Gasteiger partial charge on any atom is 0.257 e. The van der Waals surface area contributed by atoms with E-state index in [-0.39, 0.29) is 16.9 Å². The summed E-state index contributed by atoms with van der Waals surface area (Å²) in [5.74, 6) is 0.870. The number of anilines is 1. The number of ether oxygens (including phenoxy) is 1. The zero-order valence-corrected chi connectivity index (χ0v) is 20.3. The highest BCUT2D eigenvalue weighted by Gasteiger charge is 2.20. The summed E-state index contributed by atoms with van der Waals surface area (Å²) in [6, 6.07) is 14.2. The third kappa shape index (κ3) is 7.54. The summed E-state index contributed by atoms with van der Waals surface area (Å²) in [5.41, 5.74) is 1.69. The fraction of sp³-hybridized carbons (Fsp3) is 0.400. The van der Waals surface area contributed by atoms with E-state index in [4.69, 9.17) is 17.0 Å². The van der Waals surface area contributed by atoms with Gasteiger partial charge in [0.05, 0.1) is 6.61 Å². The van der Waals surface area contributed by atoms with Crippen LogP contribution in [0.15, 0.2) is 48.5 Å². The minimum atomic E-state index is -0.327. The molecule has 176 valence electrons. The second-order valence-electron chi connectivity index (χ2n) is 8.64. The van der Waals surface area contributed by atoms with Gasteiger partial charge in [-0.25, -0.2) is 0 Å². The molecular formula is C25H32N4O3S. The van der Waals surface area contributed by atoms with E-state index in [9.17, 15) is 9.59 Å². The first-order chi connectivity index (χ1) is 15.8. The molecule has 0 atom stereocenters. The van der Waals surface area contributed by atoms with Gasteiger partial charge in [0.25, 0.3) is 11.8 Å². The van der Waals surface area contributed by atoms with Crippen molar-refractivity contribution in [3.63, 3.8) is 0 Å². The highest BCUT2D eigenvalue weighted by Crippen LogP contribution is 2.16. The summed E-state index contributed by atoms with van der Waals surface area (Å²) in [5, 5.41) is 5.85. The van der Waals surface area contributed by atoms with Crippen LogP contribution in [-0.2, 0) is 0 Å². The lowest BCUT2D eigenvalue weighted by molar-refractivity contribution is 0.0664. The van der Waals surface area contributed by atoms with E-state index >= 15 is 0 Å². The monoisotopic (exact) mass is 468 g/mol. The van der Waals surface area contributed by atoms with Gasteiger partial charge in [0.2, 0.25) is 0 Å². The fourth-order valence-electron chi connectivity index (χ4n) is 3.40. The number of benzene rings is 2. The molecule has 3 rings (SSSR count). The molecule has 0 unspecified atom stereocenters. The van der Waals surface area contributed by atoms with E-state index < -0.39 is 0 Å². The van der Waals surface area contributed by atoms with Crippen LogP contribution in [0.5, 0.6) is 5.75 Å². The van der Waals surface area contributed by atoms with Crippen LogP contribution < -0.4 is 15.4 Å². The number of likely N-dealkylation sites (N-methyl/N-ethyl adjacent to an activating group) is 1. The van der Waals surface area contributed by atoms with Gasteiger partial charge in [0.1, 0.15) is 5.75 Å². The number of rotatable bonds is 7. The van der Waals surface area contributed by atoms with Crippen LogP contribution in [0.3, 0.4) is 0 Å². The van der Waals surface area contributed by atoms with Crippen molar-refractivity contribution in [2.24, 2.45) is 5.92 Å². The summed E-state index contributed by atoms with van der Waals surface area (Å²) in [7, 11) is 2.05. The molecule has 33 heavy (non-hydrogen) atoms. The van der Waals surface area contributed by atoms with Crippen molar-refractivity contribution in [1.29, 1.82) is 0 Å². The predicted octanol–water partition coefficient (Wildman–Crippen LogP) is 3.63. The molecule has 1 saturated heterocycles. The molecule has 1 heterocycles. The lowest BCUT2D eigenvalue weighted by Gasteiger charge is -2.32. The molecule has 0 saturated carbocycles. The molecule has 1 fully saturated rings. The molecule has 1 aliphatic heterocycles. The van der Waals surface area contributed by atoms with Crippen molar-refractivity contribution in [2.75, 3.05) is 45.2 Å². The molecule has 2 amide bonds. The minimum absolute atomic E-state index is 0.00372.